The minimum Gasteiger partial charge on any atom is -0.396 e. The summed E-state index contributed by atoms with van der Waals surface area (Å²) in [6, 6.07) is 5.64. The van der Waals surface area contributed by atoms with E-state index in [0.29, 0.717) is 49.4 Å². The molecule has 12 heteroatoms. The zero-order chi connectivity index (χ0) is 34.6. The van der Waals surface area contributed by atoms with E-state index in [-0.39, 0.29) is 24.3 Å². The number of hydrogen-bond acceptors (Lipinski definition) is 7. The molecule has 5 rings (SSSR count). The van der Waals surface area contributed by atoms with Gasteiger partial charge in [0, 0.05) is 61.6 Å². The molecular weight excluding hydrogens is 628 g/mol. The first-order chi connectivity index (χ1) is 22.8. The maximum absolute atomic E-state index is 16.3. The molecule has 0 radical (unpaired) electrons. The van der Waals surface area contributed by atoms with Crippen LogP contribution in [0, 0.1) is 11.8 Å². The fourth-order valence-electron chi connectivity index (χ4n) is 7.77. The number of aliphatic hydroxyl groups excluding tert-OH is 1. The quantitative estimate of drug-likeness (QED) is 0.142. The summed E-state index contributed by atoms with van der Waals surface area (Å²) in [5, 5.41) is 24.0. The molecule has 3 N–H and O–H groups in total. The maximum Gasteiger partial charge on any atom is 0.264 e. The summed E-state index contributed by atoms with van der Waals surface area (Å²) < 4.78 is 25.0. The van der Waals surface area contributed by atoms with Gasteiger partial charge in [0.2, 0.25) is 14.3 Å². The van der Waals surface area contributed by atoms with E-state index in [2.05, 4.69) is 53.9 Å². The van der Waals surface area contributed by atoms with Crippen LogP contribution >= 0.6 is 0 Å². The number of benzene rings is 1. The van der Waals surface area contributed by atoms with Crippen molar-refractivity contribution < 1.29 is 23.5 Å². The van der Waals surface area contributed by atoms with Crippen molar-refractivity contribution in [2.75, 3.05) is 36.5 Å². The number of amides is 2. The molecule has 2 amide bonds. The number of rotatable bonds is 13. The molecule has 1 aromatic carbocycles. The van der Waals surface area contributed by atoms with Crippen LogP contribution in [0.3, 0.4) is 0 Å². The second-order valence-corrected chi connectivity index (χ2v) is 18.4. The zero-order valence-corrected chi connectivity index (χ0v) is 30.4. The van der Waals surface area contributed by atoms with Gasteiger partial charge in [-0.1, -0.05) is 35.4 Å². The third kappa shape index (κ3) is 7.66. The first-order valence-electron chi connectivity index (χ1n) is 17.5. The van der Waals surface area contributed by atoms with Crippen LogP contribution < -0.4 is 15.5 Å². The summed E-state index contributed by atoms with van der Waals surface area (Å²) in [4.78, 5) is 29.8. The van der Waals surface area contributed by atoms with Crippen molar-refractivity contribution in [2.24, 2.45) is 11.8 Å². The summed E-state index contributed by atoms with van der Waals surface area (Å²) in [7, 11) is -3.35. The van der Waals surface area contributed by atoms with Gasteiger partial charge in [0.05, 0.1) is 23.4 Å². The predicted molar refractivity (Wildman–Crippen MR) is 189 cm³/mol. The number of anilines is 2. The number of hydrogen-bond donors (Lipinski definition) is 3. The molecule has 0 saturated carbocycles. The Hall–Kier alpha value is -3.19. The molecule has 1 spiro atoms. The Bertz CT molecular complexity index is 1530. The van der Waals surface area contributed by atoms with Gasteiger partial charge in [0.15, 0.2) is 5.60 Å². The van der Waals surface area contributed by atoms with Gasteiger partial charge >= 0.3 is 0 Å². The van der Waals surface area contributed by atoms with Crippen molar-refractivity contribution in [1.82, 2.24) is 20.3 Å². The Balaban J connectivity index is 1.48. The number of nitrogens with one attached hydrogen (secondary N) is 2. The fraction of sp³-hybridized carbons (Fsp3) is 0.611. The minimum atomic E-state index is -3.35. The molecule has 10 nitrogen and oxygen atoms in total. The van der Waals surface area contributed by atoms with Crippen LogP contribution in [-0.2, 0) is 32.9 Å². The van der Waals surface area contributed by atoms with Crippen molar-refractivity contribution in [2.45, 2.75) is 103 Å². The van der Waals surface area contributed by atoms with Gasteiger partial charge in [-0.05, 0) is 90.7 Å². The van der Waals surface area contributed by atoms with Crippen molar-refractivity contribution >= 4 is 31.6 Å². The van der Waals surface area contributed by atoms with Crippen molar-refractivity contribution in [1.29, 1.82) is 0 Å². The Labute approximate surface area is 285 Å². The number of fused-ring (bicyclic) bond motifs is 2. The smallest absolute Gasteiger partial charge is 0.264 e. The van der Waals surface area contributed by atoms with E-state index >= 15 is 4.11 Å². The van der Waals surface area contributed by atoms with Crippen molar-refractivity contribution in [3.63, 3.8) is 0 Å². The van der Waals surface area contributed by atoms with Crippen LogP contribution in [0.5, 0.6) is 0 Å². The number of ether oxygens (including phenoxy) is 1. The number of piperidine rings is 1. The summed E-state index contributed by atoms with van der Waals surface area (Å²) in [6.07, 6.45) is 10.0. The normalized spacial score (nSPS) is 25.9. The standard InChI is InChI=1S/C36H53FN6O4Si/c1-24(2)9-7-10-25(3)14-19-43-31-13-12-28(39-34(45)27-11-8-17-38-22-27)21-30(31)36(35(43)46)26(4)33(48(5,6)37)32(47-36)15-18-42-23-29(16-20-44)40-41-42/h9,12-14,21,23,26-27,32-33,38,44H,7-8,10-11,15-20,22H2,1-6H3,(H,39,45)/b25-14+/t26-,27?,32+,33-,36+/m0/s1. The number of aromatic nitrogens is 3. The molecule has 2 fully saturated rings. The second kappa shape index (κ2) is 15.1. The van der Waals surface area contributed by atoms with Gasteiger partial charge in [0.25, 0.3) is 5.91 Å². The van der Waals surface area contributed by atoms with E-state index in [1.165, 1.54) is 11.1 Å². The summed E-state index contributed by atoms with van der Waals surface area (Å²) in [6.45, 7) is 14.0. The molecule has 48 heavy (non-hydrogen) atoms. The number of nitrogens with zero attached hydrogens (tertiary/aromatic N) is 4. The maximum atomic E-state index is 16.3. The molecule has 5 atom stereocenters. The minimum absolute atomic E-state index is 0.0175. The number of aryl methyl sites for hydroxylation is 1. The molecule has 1 unspecified atom stereocenters. The number of carbonyl (C=O) groups excluding carboxylic acids is 2. The Morgan fingerprint density at radius 3 is 2.75 bits per heavy atom. The molecule has 3 aliphatic heterocycles. The van der Waals surface area contributed by atoms with Gasteiger partial charge < -0.3 is 29.5 Å². The van der Waals surface area contributed by atoms with Crippen molar-refractivity contribution in [3.05, 3.63) is 59.0 Å². The molecule has 0 aliphatic carbocycles. The van der Waals surface area contributed by atoms with E-state index < -0.39 is 31.6 Å². The topological polar surface area (TPSA) is 122 Å². The largest absolute Gasteiger partial charge is 0.396 e. The monoisotopic (exact) mass is 680 g/mol. The van der Waals surface area contributed by atoms with Crippen LogP contribution in [0.2, 0.25) is 18.6 Å². The number of allylic oxidation sites excluding steroid dienone is 3. The van der Waals surface area contributed by atoms with Crippen molar-refractivity contribution in [3.8, 4) is 0 Å². The van der Waals surface area contributed by atoms with E-state index in [1.54, 1.807) is 28.9 Å². The summed E-state index contributed by atoms with van der Waals surface area (Å²) in [5.74, 6) is -0.798. The van der Waals surface area contributed by atoms with Crippen LogP contribution in [0.25, 0.3) is 0 Å². The van der Waals surface area contributed by atoms with Gasteiger partial charge in [-0.15, -0.1) is 5.10 Å². The molecule has 2 saturated heterocycles. The van der Waals surface area contributed by atoms with Gasteiger partial charge in [0.1, 0.15) is 0 Å². The SMILES string of the molecule is CC(C)=CCC/C(C)=C/CN1C(=O)[C@]2(O[C@H](CCn3cc(CCO)nn3)[C@@H]([Si](C)(C)F)[C@@H]2C)c2cc(NC(=O)C3CCCNC3)ccc21. The van der Waals surface area contributed by atoms with Gasteiger partial charge in [-0.3, -0.25) is 14.3 Å². The highest BCUT2D eigenvalue weighted by atomic mass is 28.4. The van der Waals surface area contributed by atoms with Gasteiger partial charge in [-0.25, -0.2) is 0 Å². The van der Waals surface area contributed by atoms with Crippen LogP contribution in [0.4, 0.5) is 15.5 Å². The average molecular weight is 681 g/mol. The lowest BCUT2D eigenvalue weighted by molar-refractivity contribution is -0.145. The molecule has 262 valence electrons. The van der Waals surface area contributed by atoms with Crippen LogP contribution in [0.15, 0.2) is 47.7 Å². The zero-order valence-electron chi connectivity index (χ0n) is 29.4. The molecule has 4 heterocycles. The number of halogens is 1. The number of carbonyl (C=O) groups is 2. The summed E-state index contributed by atoms with van der Waals surface area (Å²) in [5.41, 5.74) is 3.34. The molecule has 2 aromatic rings. The number of aliphatic hydroxyl groups is 1. The Kier molecular flexibility index (Phi) is 11.4. The lowest BCUT2D eigenvalue weighted by Gasteiger charge is -2.31. The van der Waals surface area contributed by atoms with Crippen LogP contribution in [-0.4, -0.2) is 72.7 Å². The van der Waals surface area contributed by atoms with E-state index in [0.717, 1.165) is 37.9 Å². The fourth-order valence-corrected chi connectivity index (χ4v) is 10.3. The third-order valence-corrected chi connectivity index (χ3v) is 12.7. The van der Waals surface area contributed by atoms with Gasteiger partial charge in [-0.2, -0.15) is 0 Å². The first kappa shape index (κ1) is 36.1. The lowest BCUT2D eigenvalue weighted by Crippen LogP contribution is -2.45. The molecule has 3 aliphatic rings. The third-order valence-electron chi connectivity index (χ3n) is 10.2. The average Bonchev–Trinajstić information content (AvgIpc) is 3.68. The van der Waals surface area contributed by atoms with Crippen LogP contribution in [0.1, 0.15) is 71.1 Å². The van der Waals surface area contributed by atoms with E-state index in [1.807, 2.05) is 25.1 Å². The Morgan fingerprint density at radius 2 is 2.06 bits per heavy atom. The highest BCUT2D eigenvalue weighted by molar-refractivity contribution is 6.72. The molecular formula is C36H53FN6O4Si. The lowest BCUT2D eigenvalue weighted by atomic mass is 9.82. The Morgan fingerprint density at radius 1 is 1.27 bits per heavy atom. The molecule has 1 aromatic heterocycles. The molecule has 0 bridgehead atoms. The second-order valence-electron chi connectivity index (χ2n) is 14.6. The summed E-state index contributed by atoms with van der Waals surface area (Å²) >= 11 is 0. The van der Waals surface area contributed by atoms with E-state index in [9.17, 15) is 14.7 Å². The predicted octanol–water partition coefficient (Wildman–Crippen LogP) is 5.66. The first-order valence-corrected chi connectivity index (χ1v) is 20.4. The highest BCUT2D eigenvalue weighted by Crippen LogP contribution is 2.60. The highest BCUT2D eigenvalue weighted by Gasteiger charge is 2.66. The van der Waals surface area contributed by atoms with E-state index in [4.69, 9.17) is 4.74 Å².